The summed E-state index contributed by atoms with van der Waals surface area (Å²) in [5.41, 5.74) is 0.0912. The zero-order valence-electron chi connectivity index (χ0n) is 19.3. The molecule has 0 atom stereocenters. The number of carbonyl (C=O) groups excluding carboxylic acids is 1. The first-order valence-electron chi connectivity index (χ1n) is 10.5. The predicted octanol–water partition coefficient (Wildman–Crippen LogP) is 6.38. The molecule has 3 rings (SSSR count). The lowest BCUT2D eigenvalue weighted by Gasteiger charge is -2.14. The van der Waals surface area contributed by atoms with E-state index >= 15 is 0 Å². The van der Waals surface area contributed by atoms with Gasteiger partial charge < -0.3 is 14.2 Å². The van der Waals surface area contributed by atoms with Crippen molar-refractivity contribution in [3.05, 3.63) is 90.4 Å². The molecule has 0 aromatic heterocycles. The summed E-state index contributed by atoms with van der Waals surface area (Å²) in [7, 11) is -4.40. The van der Waals surface area contributed by atoms with Crippen LogP contribution in [0.2, 0.25) is 10.0 Å². The van der Waals surface area contributed by atoms with E-state index in [4.69, 9.17) is 32.1 Å². The molecule has 1 amide bonds. The second-order valence-electron chi connectivity index (χ2n) is 7.30. The largest absolute Gasteiger partial charge is 0.490 e. The molecule has 14 heteroatoms. The van der Waals surface area contributed by atoms with E-state index in [2.05, 4.69) is 21.2 Å². The number of rotatable bonds is 9. The monoisotopic (exact) mass is 639 g/mol. The number of nitriles is 1. The molecular formula is C24H16BrCl2N3O7S. The quantitative estimate of drug-likeness (QED) is 0.0931. The Hall–Kier alpha value is -3.63. The molecule has 1 N–H and O–H groups in total. The number of nitro benzene ring substituents is 1. The van der Waals surface area contributed by atoms with Crippen LogP contribution in [0, 0.1) is 21.4 Å². The SMILES string of the molecule is CCOc1cc(/C=C(/C#N)C(=O)Nc2ccc(Cl)c(Cl)c2)cc(Br)c1OS(=O)(=O)c1ccc([N+](=O)[O-])cc1. The number of halogens is 3. The normalized spacial score (nSPS) is 11.4. The van der Waals surface area contributed by atoms with Crippen LogP contribution in [0.25, 0.3) is 6.08 Å². The molecule has 0 bridgehead atoms. The fraction of sp³-hybridized carbons (Fsp3) is 0.0833. The van der Waals surface area contributed by atoms with Gasteiger partial charge in [0.15, 0.2) is 11.5 Å². The van der Waals surface area contributed by atoms with Crippen LogP contribution in [0.1, 0.15) is 12.5 Å². The van der Waals surface area contributed by atoms with E-state index < -0.39 is 20.9 Å². The van der Waals surface area contributed by atoms with Crippen LogP contribution < -0.4 is 14.2 Å². The van der Waals surface area contributed by atoms with Crippen LogP contribution in [0.4, 0.5) is 11.4 Å². The van der Waals surface area contributed by atoms with Crippen molar-refractivity contribution in [2.45, 2.75) is 11.8 Å². The predicted molar refractivity (Wildman–Crippen MR) is 145 cm³/mol. The molecule has 0 saturated carbocycles. The number of hydrogen-bond donors (Lipinski definition) is 1. The van der Waals surface area contributed by atoms with Crippen molar-refractivity contribution < 1.29 is 27.1 Å². The van der Waals surface area contributed by atoms with Crippen LogP contribution in [0.3, 0.4) is 0 Å². The molecule has 3 aromatic carbocycles. The summed E-state index contributed by atoms with van der Waals surface area (Å²) in [5, 5.41) is 23.5. The molecule has 196 valence electrons. The Morgan fingerprint density at radius 2 is 1.84 bits per heavy atom. The Bertz CT molecular complexity index is 1590. The van der Waals surface area contributed by atoms with E-state index in [0.29, 0.717) is 16.3 Å². The number of amides is 1. The van der Waals surface area contributed by atoms with E-state index in [1.807, 2.05) is 6.07 Å². The van der Waals surface area contributed by atoms with Crippen molar-refractivity contribution >= 4 is 72.6 Å². The van der Waals surface area contributed by atoms with Gasteiger partial charge in [-0.15, -0.1) is 0 Å². The minimum absolute atomic E-state index is 0.000734. The Morgan fingerprint density at radius 3 is 2.42 bits per heavy atom. The Balaban J connectivity index is 1.93. The number of ether oxygens (including phenoxy) is 1. The molecule has 0 fully saturated rings. The van der Waals surface area contributed by atoms with Gasteiger partial charge in [-0.3, -0.25) is 14.9 Å². The molecule has 0 spiro atoms. The van der Waals surface area contributed by atoms with Crippen molar-refractivity contribution in [3.63, 3.8) is 0 Å². The van der Waals surface area contributed by atoms with Gasteiger partial charge in [-0.25, -0.2) is 0 Å². The molecule has 0 aliphatic carbocycles. The van der Waals surface area contributed by atoms with Crippen LogP contribution in [-0.4, -0.2) is 25.9 Å². The standard InChI is InChI=1S/C24H16BrCl2N3O7S/c1-2-36-22-11-14(9-15(13-28)24(31)29-16-3-8-20(26)21(27)12-16)10-19(25)23(22)37-38(34,35)18-6-4-17(5-7-18)30(32)33/h3-12H,2H2,1H3,(H,29,31)/b15-9-. The number of carbonyl (C=O) groups is 1. The second kappa shape index (κ2) is 12.3. The number of hydrogen-bond acceptors (Lipinski definition) is 8. The summed E-state index contributed by atoms with van der Waals surface area (Å²) in [6.07, 6.45) is 1.27. The summed E-state index contributed by atoms with van der Waals surface area (Å²) in [5.74, 6) is -0.914. The minimum atomic E-state index is -4.40. The highest BCUT2D eigenvalue weighted by Crippen LogP contribution is 2.39. The maximum absolute atomic E-state index is 12.8. The van der Waals surface area contributed by atoms with Gasteiger partial charge in [0.2, 0.25) is 0 Å². The summed E-state index contributed by atoms with van der Waals surface area (Å²) in [6.45, 7) is 1.80. The number of nitro groups is 1. The molecule has 0 aliphatic rings. The van der Waals surface area contributed by atoms with Gasteiger partial charge in [-0.05, 0) is 77.0 Å². The zero-order valence-corrected chi connectivity index (χ0v) is 23.2. The number of nitrogens with zero attached hydrogens (tertiary/aromatic N) is 2. The van der Waals surface area contributed by atoms with E-state index in [9.17, 15) is 28.6 Å². The summed E-state index contributed by atoms with van der Waals surface area (Å²) >= 11 is 15.1. The van der Waals surface area contributed by atoms with Gasteiger partial charge in [-0.2, -0.15) is 13.7 Å². The molecule has 3 aromatic rings. The van der Waals surface area contributed by atoms with Crippen LogP contribution in [0.5, 0.6) is 11.5 Å². The molecule has 10 nitrogen and oxygen atoms in total. The maximum Gasteiger partial charge on any atom is 0.339 e. The van der Waals surface area contributed by atoms with E-state index in [1.54, 1.807) is 6.92 Å². The molecule has 0 saturated heterocycles. The Kier molecular flexibility index (Phi) is 9.35. The van der Waals surface area contributed by atoms with Gasteiger partial charge in [0, 0.05) is 17.8 Å². The first-order chi connectivity index (χ1) is 17.9. The van der Waals surface area contributed by atoms with E-state index in [1.165, 1.54) is 36.4 Å². The van der Waals surface area contributed by atoms with Crippen LogP contribution in [0.15, 0.2) is 69.5 Å². The van der Waals surface area contributed by atoms with Crippen LogP contribution in [-0.2, 0) is 14.9 Å². The third kappa shape index (κ3) is 7.02. The zero-order chi connectivity index (χ0) is 28.0. The summed E-state index contributed by atoms with van der Waals surface area (Å²) < 4.78 is 36.6. The van der Waals surface area contributed by atoms with E-state index in [-0.39, 0.29) is 43.8 Å². The van der Waals surface area contributed by atoms with Gasteiger partial charge in [-0.1, -0.05) is 23.2 Å². The van der Waals surface area contributed by atoms with Gasteiger partial charge in [0.1, 0.15) is 16.5 Å². The van der Waals surface area contributed by atoms with Crippen molar-refractivity contribution in [2.24, 2.45) is 0 Å². The summed E-state index contributed by atoms with van der Waals surface area (Å²) in [6, 6.07) is 13.2. The lowest BCUT2D eigenvalue weighted by molar-refractivity contribution is -0.384. The average molecular weight is 641 g/mol. The molecule has 0 unspecified atom stereocenters. The number of anilines is 1. The third-order valence-corrected chi connectivity index (χ3v) is 7.28. The minimum Gasteiger partial charge on any atom is -0.490 e. The third-order valence-electron chi connectivity index (χ3n) is 4.71. The number of nitrogens with one attached hydrogen (secondary N) is 1. The van der Waals surface area contributed by atoms with Crippen molar-refractivity contribution in [1.29, 1.82) is 5.26 Å². The van der Waals surface area contributed by atoms with Crippen LogP contribution >= 0.6 is 39.1 Å². The molecular weight excluding hydrogens is 625 g/mol. The average Bonchev–Trinajstić information content (AvgIpc) is 2.87. The molecule has 0 heterocycles. The molecule has 0 radical (unpaired) electrons. The van der Waals surface area contributed by atoms with Crippen molar-refractivity contribution in [1.82, 2.24) is 0 Å². The topological polar surface area (TPSA) is 149 Å². The second-order valence-corrected chi connectivity index (χ2v) is 10.5. The van der Waals surface area contributed by atoms with Gasteiger partial charge in [0.25, 0.3) is 11.6 Å². The van der Waals surface area contributed by atoms with E-state index in [0.717, 1.165) is 24.3 Å². The molecule has 38 heavy (non-hydrogen) atoms. The smallest absolute Gasteiger partial charge is 0.339 e. The highest BCUT2D eigenvalue weighted by atomic mass is 79.9. The lowest BCUT2D eigenvalue weighted by atomic mass is 10.1. The highest BCUT2D eigenvalue weighted by Gasteiger charge is 2.23. The fourth-order valence-electron chi connectivity index (χ4n) is 2.99. The maximum atomic E-state index is 12.8. The van der Waals surface area contributed by atoms with Gasteiger partial charge >= 0.3 is 10.1 Å². The summed E-state index contributed by atoms with van der Waals surface area (Å²) in [4.78, 5) is 22.5. The Morgan fingerprint density at radius 1 is 1.16 bits per heavy atom. The number of non-ortho nitro benzene ring substituents is 1. The highest BCUT2D eigenvalue weighted by molar-refractivity contribution is 9.10. The number of benzene rings is 3. The fourth-order valence-corrected chi connectivity index (χ4v) is 4.90. The lowest BCUT2D eigenvalue weighted by Crippen LogP contribution is -2.13. The van der Waals surface area contributed by atoms with Gasteiger partial charge in [0.05, 0.1) is 26.0 Å². The Labute approximate surface area is 235 Å². The molecule has 0 aliphatic heterocycles. The first-order valence-corrected chi connectivity index (χ1v) is 13.4. The first kappa shape index (κ1) is 28.9. The van der Waals surface area contributed by atoms with Crippen molar-refractivity contribution in [3.8, 4) is 17.6 Å². The van der Waals surface area contributed by atoms with Crippen molar-refractivity contribution in [2.75, 3.05) is 11.9 Å².